The Balaban J connectivity index is 1.99. The van der Waals surface area contributed by atoms with E-state index in [1.54, 1.807) is 0 Å². The van der Waals surface area contributed by atoms with E-state index in [9.17, 15) is 0 Å². The Bertz CT molecular complexity index is 523. The molecule has 1 N–H and O–H groups in total. The molecule has 0 spiro atoms. The second-order valence-corrected chi connectivity index (χ2v) is 4.12. The molecule has 0 aliphatic rings. The van der Waals surface area contributed by atoms with Gasteiger partial charge < -0.3 is 14.3 Å². The maximum atomic E-state index is 8.74. The van der Waals surface area contributed by atoms with Crippen LogP contribution in [-0.4, -0.2) is 21.9 Å². The van der Waals surface area contributed by atoms with Crippen LogP contribution in [0.1, 0.15) is 22.9 Å². The molecule has 0 bridgehead atoms. The fourth-order valence-electron chi connectivity index (χ4n) is 1.55. The first kappa shape index (κ1) is 12.6. The Labute approximate surface area is 105 Å². The van der Waals surface area contributed by atoms with E-state index >= 15 is 0 Å². The average Bonchev–Trinajstić information content (AvgIpc) is 2.79. The van der Waals surface area contributed by atoms with E-state index in [0.29, 0.717) is 18.2 Å². The summed E-state index contributed by atoms with van der Waals surface area (Å²) < 4.78 is 10.9. The van der Waals surface area contributed by atoms with Crippen LogP contribution in [0.5, 0.6) is 5.75 Å². The maximum absolute atomic E-state index is 8.74. The van der Waals surface area contributed by atoms with E-state index in [4.69, 9.17) is 14.3 Å². The highest BCUT2D eigenvalue weighted by Crippen LogP contribution is 2.20. The smallest absolute Gasteiger partial charge is 0.253 e. The number of nitrogens with zero attached hydrogens (tertiary/aromatic N) is 2. The number of aromatic nitrogens is 2. The lowest BCUT2D eigenvalue weighted by atomic mass is 10.1. The van der Waals surface area contributed by atoms with E-state index in [1.807, 2.05) is 32.0 Å². The SMILES string of the molecule is Cc1ccc(C)c(OCc2nnc(CCO)o2)c1. The van der Waals surface area contributed by atoms with Crippen LogP contribution >= 0.6 is 0 Å². The molecule has 5 nitrogen and oxygen atoms in total. The maximum Gasteiger partial charge on any atom is 0.253 e. The first-order valence-corrected chi connectivity index (χ1v) is 5.81. The molecule has 0 atom stereocenters. The van der Waals surface area contributed by atoms with Gasteiger partial charge in [-0.25, -0.2) is 0 Å². The van der Waals surface area contributed by atoms with Crippen LogP contribution in [0.3, 0.4) is 0 Å². The lowest BCUT2D eigenvalue weighted by molar-refractivity contribution is 0.248. The van der Waals surface area contributed by atoms with Crippen molar-refractivity contribution < 1.29 is 14.3 Å². The molecule has 0 aliphatic carbocycles. The van der Waals surface area contributed by atoms with E-state index in [0.717, 1.165) is 16.9 Å². The van der Waals surface area contributed by atoms with E-state index in [-0.39, 0.29) is 13.2 Å². The first-order valence-electron chi connectivity index (χ1n) is 5.81. The van der Waals surface area contributed by atoms with Crippen molar-refractivity contribution in [2.45, 2.75) is 26.9 Å². The molecule has 0 saturated heterocycles. The van der Waals surface area contributed by atoms with Gasteiger partial charge >= 0.3 is 0 Å². The number of ether oxygens (including phenoxy) is 1. The van der Waals surface area contributed by atoms with Crippen molar-refractivity contribution >= 4 is 0 Å². The van der Waals surface area contributed by atoms with Crippen LogP contribution in [0.2, 0.25) is 0 Å². The normalized spacial score (nSPS) is 10.6. The molecule has 2 rings (SSSR count). The van der Waals surface area contributed by atoms with E-state index in [2.05, 4.69) is 10.2 Å². The topological polar surface area (TPSA) is 68.4 Å². The van der Waals surface area contributed by atoms with Crippen molar-refractivity contribution in [2.75, 3.05) is 6.61 Å². The predicted molar refractivity (Wildman–Crippen MR) is 65.3 cm³/mol. The highest BCUT2D eigenvalue weighted by molar-refractivity contribution is 5.35. The molecule has 2 aromatic rings. The molecular weight excluding hydrogens is 232 g/mol. The molecule has 0 unspecified atom stereocenters. The molecule has 5 heteroatoms. The number of hydrogen-bond donors (Lipinski definition) is 1. The zero-order chi connectivity index (χ0) is 13.0. The van der Waals surface area contributed by atoms with Crippen molar-refractivity contribution in [1.82, 2.24) is 10.2 Å². The Hall–Kier alpha value is -1.88. The third-order valence-electron chi connectivity index (χ3n) is 2.53. The monoisotopic (exact) mass is 248 g/mol. The summed E-state index contributed by atoms with van der Waals surface area (Å²) in [5.74, 6) is 1.66. The van der Waals surface area contributed by atoms with E-state index in [1.165, 1.54) is 0 Å². The van der Waals surface area contributed by atoms with Gasteiger partial charge in [-0.05, 0) is 31.0 Å². The Morgan fingerprint density at radius 2 is 2.00 bits per heavy atom. The standard InChI is InChI=1S/C13H16N2O3/c1-9-3-4-10(2)11(7-9)17-8-13-15-14-12(18-13)5-6-16/h3-4,7,16H,5-6,8H2,1-2H3. The van der Waals surface area contributed by atoms with Crippen LogP contribution in [0.25, 0.3) is 0 Å². The van der Waals surface area contributed by atoms with Crippen LogP contribution in [0.15, 0.2) is 22.6 Å². The van der Waals surface area contributed by atoms with Crippen molar-refractivity contribution in [2.24, 2.45) is 0 Å². The van der Waals surface area contributed by atoms with Gasteiger partial charge in [-0.1, -0.05) is 12.1 Å². The number of aliphatic hydroxyl groups excluding tert-OH is 1. The van der Waals surface area contributed by atoms with Gasteiger partial charge in [0.15, 0.2) is 6.61 Å². The van der Waals surface area contributed by atoms with Crippen LogP contribution in [0.4, 0.5) is 0 Å². The Kier molecular flexibility index (Phi) is 3.94. The summed E-state index contributed by atoms with van der Waals surface area (Å²) in [6, 6.07) is 6.02. The third-order valence-corrected chi connectivity index (χ3v) is 2.53. The predicted octanol–water partition coefficient (Wildman–Crippen LogP) is 1.80. The summed E-state index contributed by atoms with van der Waals surface area (Å²) in [4.78, 5) is 0. The Morgan fingerprint density at radius 1 is 1.22 bits per heavy atom. The molecule has 1 heterocycles. The van der Waals surface area contributed by atoms with Gasteiger partial charge in [0.25, 0.3) is 5.89 Å². The molecule has 1 aromatic heterocycles. The fourth-order valence-corrected chi connectivity index (χ4v) is 1.55. The summed E-state index contributed by atoms with van der Waals surface area (Å²) in [5.41, 5.74) is 2.21. The van der Waals surface area contributed by atoms with Crippen LogP contribution in [0, 0.1) is 13.8 Å². The summed E-state index contributed by atoms with van der Waals surface area (Å²) in [7, 11) is 0. The highest BCUT2D eigenvalue weighted by atomic mass is 16.5. The van der Waals surface area contributed by atoms with Gasteiger partial charge in [0.1, 0.15) is 5.75 Å². The molecule has 0 saturated carbocycles. The van der Waals surface area contributed by atoms with Gasteiger partial charge in [0.2, 0.25) is 5.89 Å². The van der Waals surface area contributed by atoms with Gasteiger partial charge in [-0.15, -0.1) is 10.2 Å². The first-order chi connectivity index (χ1) is 8.69. The summed E-state index contributed by atoms with van der Waals surface area (Å²) in [6.45, 7) is 4.24. The summed E-state index contributed by atoms with van der Waals surface area (Å²) >= 11 is 0. The number of benzene rings is 1. The molecule has 96 valence electrons. The molecule has 0 aliphatic heterocycles. The molecular formula is C13H16N2O3. The molecule has 0 radical (unpaired) electrons. The van der Waals surface area contributed by atoms with Crippen molar-refractivity contribution in [1.29, 1.82) is 0 Å². The molecule has 18 heavy (non-hydrogen) atoms. The van der Waals surface area contributed by atoms with Crippen LogP contribution in [-0.2, 0) is 13.0 Å². The number of aliphatic hydroxyl groups is 1. The Morgan fingerprint density at radius 3 is 2.78 bits per heavy atom. The average molecular weight is 248 g/mol. The van der Waals surface area contributed by atoms with E-state index < -0.39 is 0 Å². The number of rotatable bonds is 5. The van der Waals surface area contributed by atoms with Gasteiger partial charge in [-0.2, -0.15) is 0 Å². The molecule has 1 aromatic carbocycles. The zero-order valence-electron chi connectivity index (χ0n) is 10.5. The quantitative estimate of drug-likeness (QED) is 0.873. The van der Waals surface area contributed by atoms with Gasteiger partial charge in [0.05, 0.1) is 6.61 Å². The largest absolute Gasteiger partial charge is 0.484 e. The lowest BCUT2D eigenvalue weighted by Gasteiger charge is -2.07. The lowest BCUT2D eigenvalue weighted by Crippen LogP contribution is -1.97. The third kappa shape index (κ3) is 3.07. The summed E-state index contributed by atoms with van der Waals surface area (Å²) in [6.07, 6.45) is 0.372. The molecule has 0 fully saturated rings. The van der Waals surface area contributed by atoms with Gasteiger partial charge in [0, 0.05) is 6.42 Å². The minimum Gasteiger partial charge on any atom is -0.484 e. The highest BCUT2D eigenvalue weighted by Gasteiger charge is 2.07. The zero-order valence-corrected chi connectivity index (χ0v) is 10.5. The van der Waals surface area contributed by atoms with Gasteiger partial charge in [-0.3, -0.25) is 0 Å². The van der Waals surface area contributed by atoms with Crippen molar-refractivity contribution in [3.8, 4) is 5.75 Å². The number of aryl methyl sites for hydroxylation is 2. The second-order valence-electron chi connectivity index (χ2n) is 4.12. The van der Waals surface area contributed by atoms with Crippen LogP contribution < -0.4 is 4.74 Å². The minimum absolute atomic E-state index is 0.000517. The van der Waals surface area contributed by atoms with Crippen molar-refractivity contribution in [3.63, 3.8) is 0 Å². The summed E-state index contributed by atoms with van der Waals surface area (Å²) in [5, 5.41) is 16.4. The fraction of sp³-hybridized carbons (Fsp3) is 0.385. The second kappa shape index (κ2) is 5.64. The minimum atomic E-state index is -0.000517. The molecule has 0 amide bonds. The number of hydrogen-bond acceptors (Lipinski definition) is 5. The van der Waals surface area contributed by atoms with Crippen molar-refractivity contribution in [3.05, 3.63) is 41.1 Å².